The quantitative estimate of drug-likeness (QED) is 0.303. The summed E-state index contributed by atoms with van der Waals surface area (Å²) < 4.78 is 0. The average molecular weight is 110 g/mol. The summed E-state index contributed by atoms with van der Waals surface area (Å²) in [5.41, 5.74) is 0.000000000000000222. The summed E-state index contributed by atoms with van der Waals surface area (Å²) in [5, 5.41) is 1.95. The first kappa shape index (κ1) is 6.66. The second-order valence-corrected chi connectivity index (χ2v) is 0.947. The van der Waals surface area contributed by atoms with Gasteiger partial charge in [-0.1, -0.05) is 6.58 Å². The number of hydrogen-bond donors (Lipinski definition) is 1. The predicted octanol–water partition coefficient (Wildman–Crippen LogP) is -0.455. The summed E-state index contributed by atoms with van der Waals surface area (Å²) in [6.07, 6.45) is 2.48. The van der Waals surface area contributed by atoms with Crippen LogP contribution in [0.5, 0.6) is 0 Å². The van der Waals surface area contributed by atoms with E-state index in [4.69, 9.17) is 0 Å². The molecule has 0 aliphatic rings. The van der Waals surface area contributed by atoms with Crippen LogP contribution in [0.3, 0.4) is 0 Å². The Balaban J connectivity index is 3.91. The van der Waals surface area contributed by atoms with Gasteiger partial charge in [0.25, 0.3) is 0 Å². The second kappa shape index (κ2) is 3.84. The zero-order chi connectivity index (χ0) is 6.41. The van der Waals surface area contributed by atoms with Gasteiger partial charge in [-0.05, 0) is 6.08 Å². The molecular weight excluding hydrogens is 106 g/mol. The SMILES string of the molecule is C=CC(=C=O)N[C]=O. The first-order chi connectivity index (χ1) is 3.85. The minimum absolute atomic E-state index is 0.000000000000000222. The molecule has 3 heteroatoms. The highest BCUT2D eigenvalue weighted by atomic mass is 16.1. The highest BCUT2D eigenvalue weighted by molar-refractivity contribution is 5.64. The van der Waals surface area contributed by atoms with Crippen molar-refractivity contribution in [2.75, 3.05) is 0 Å². The fourth-order valence-corrected chi connectivity index (χ4v) is 0.173. The van der Waals surface area contributed by atoms with Gasteiger partial charge in [-0.15, -0.1) is 0 Å². The molecule has 1 amide bonds. The molecule has 0 saturated heterocycles. The summed E-state index contributed by atoms with van der Waals surface area (Å²) in [7, 11) is 0. The molecule has 0 rings (SSSR count). The Morgan fingerprint density at radius 3 is 2.38 bits per heavy atom. The molecule has 8 heavy (non-hydrogen) atoms. The van der Waals surface area contributed by atoms with E-state index in [0.717, 1.165) is 0 Å². The van der Waals surface area contributed by atoms with Crippen molar-refractivity contribution in [2.45, 2.75) is 0 Å². The summed E-state index contributed by atoms with van der Waals surface area (Å²) >= 11 is 0. The van der Waals surface area contributed by atoms with Gasteiger partial charge in [0.1, 0.15) is 5.70 Å². The maximum atomic E-state index is 9.65. The van der Waals surface area contributed by atoms with E-state index in [1.807, 2.05) is 5.32 Å². The van der Waals surface area contributed by atoms with Crippen LogP contribution in [0, 0.1) is 0 Å². The van der Waals surface area contributed by atoms with Crippen molar-refractivity contribution in [2.24, 2.45) is 0 Å². The van der Waals surface area contributed by atoms with Crippen molar-refractivity contribution in [1.82, 2.24) is 5.32 Å². The van der Waals surface area contributed by atoms with Gasteiger partial charge in [0.15, 0.2) is 5.94 Å². The molecule has 0 spiro atoms. The molecule has 0 heterocycles. The molecule has 0 aromatic heterocycles. The molecule has 1 radical (unpaired) electrons. The van der Waals surface area contributed by atoms with Crippen molar-refractivity contribution in [3.8, 4) is 0 Å². The van der Waals surface area contributed by atoms with Crippen LogP contribution in [0.4, 0.5) is 0 Å². The average Bonchev–Trinajstić information content (AvgIpc) is 1.83. The Kier molecular flexibility index (Phi) is 3.19. The third-order valence-electron chi connectivity index (χ3n) is 0.500. The molecule has 3 nitrogen and oxygen atoms in total. The van der Waals surface area contributed by atoms with Gasteiger partial charge in [0.05, 0.1) is 0 Å². The minimum atomic E-state index is 0.000000000000000222. The van der Waals surface area contributed by atoms with Crippen LogP contribution in [-0.2, 0) is 9.59 Å². The van der Waals surface area contributed by atoms with Crippen LogP contribution >= 0.6 is 0 Å². The van der Waals surface area contributed by atoms with Crippen LogP contribution in [0.1, 0.15) is 0 Å². The molecule has 0 saturated carbocycles. The van der Waals surface area contributed by atoms with Crippen LogP contribution in [0.2, 0.25) is 0 Å². The maximum absolute atomic E-state index is 9.65. The standard InChI is InChI=1S/C5H4NO2/c1-2-5(3-7)6-4-8/h2H,1H2,(H,6,8). The van der Waals surface area contributed by atoms with E-state index in [1.165, 1.54) is 18.4 Å². The minimum Gasteiger partial charge on any atom is -0.309 e. The van der Waals surface area contributed by atoms with Crippen molar-refractivity contribution >= 4 is 12.4 Å². The second-order valence-electron chi connectivity index (χ2n) is 0.947. The van der Waals surface area contributed by atoms with Gasteiger partial charge in [0.2, 0.25) is 0 Å². The lowest BCUT2D eigenvalue weighted by atomic mass is 10.5. The zero-order valence-electron chi connectivity index (χ0n) is 4.10. The molecular formula is C5H4NO2. The summed E-state index contributed by atoms with van der Waals surface area (Å²) in [6, 6.07) is 0. The number of hydrogen-bond acceptors (Lipinski definition) is 2. The van der Waals surface area contributed by atoms with Crippen molar-refractivity contribution in [3.05, 3.63) is 18.4 Å². The number of allylic oxidation sites excluding steroid dienone is 1. The van der Waals surface area contributed by atoms with Gasteiger partial charge >= 0.3 is 6.41 Å². The first-order valence-electron chi connectivity index (χ1n) is 1.86. The first-order valence-corrected chi connectivity index (χ1v) is 1.86. The van der Waals surface area contributed by atoms with E-state index in [-0.39, 0.29) is 5.70 Å². The van der Waals surface area contributed by atoms with Crippen molar-refractivity contribution in [1.29, 1.82) is 0 Å². The number of amides is 1. The molecule has 0 fully saturated rings. The monoisotopic (exact) mass is 110 g/mol. The van der Waals surface area contributed by atoms with Crippen LogP contribution < -0.4 is 5.32 Å². The van der Waals surface area contributed by atoms with E-state index in [9.17, 15) is 9.59 Å². The Morgan fingerprint density at radius 1 is 1.62 bits per heavy atom. The largest absolute Gasteiger partial charge is 0.314 e. The third-order valence-corrected chi connectivity index (χ3v) is 0.500. The molecule has 0 bridgehead atoms. The smallest absolute Gasteiger partial charge is 0.309 e. The van der Waals surface area contributed by atoms with Gasteiger partial charge in [0, 0.05) is 0 Å². The van der Waals surface area contributed by atoms with Gasteiger partial charge in [-0.2, -0.15) is 0 Å². The summed E-state index contributed by atoms with van der Waals surface area (Å²) in [4.78, 5) is 19.1. The number of nitrogens with one attached hydrogen (secondary N) is 1. The highest BCUT2D eigenvalue weighted by Crippen LogP contribution is 1.75. The Bertz CT molecular complexity index is 145. The lowest BCUT2D eigenvalue weighted by Crippen LogP contribution is -2.07. The molecule has 41 valence electrons. The van der Waals surface area contributed by atoms with Crippen LogP contribution in [-0.4, -0.2) is 12.4 Å². The molecule has 0 unspecified atom stereocenters. The molecule has 0 atom stereocenters. The van der Waals surface area contributed by atoms with E-state index >= 15 is 0 Å². The molecule has 0 aromatic carbocycles. The summed E-state index contributed by atoms with van der Waals surface area (Å²) in [6.45, 7) is 3.21. The molecule has 0 aliphatic carbocycles. The normalized spacial score (nSPS) is 6.50. The Morgan fingerprint density at radius 2 is 2.25 bits per heavy atom. The van der Waals surface area contributed by atoms with Gasteiger partial charge < -0.3 is 5.32 Å². The molecule has 0 aliphatic heterocycles. The van der Waals surface area contributed by atoms with E-state index in [0.29, 0.717) is 0 Å². The van der Waals surface area contributed by atoms with Gasteiger partial charge in [-0.3, -0.25) is 4.79 Å². The topological polar surface area (TPSA) is 46.2 Å². The zero-order valence-corrected chi connectivity index (χ0v) is 4.10. The fourth-order valence-electron chi connectivity index (χ4n) is 0.173. The maximum Gasteiger partial charge on any atom is 0.314 e. The predicted molar refractivity (Wildman–Crippen MR) is 28.2 cm³/mol. The number of carbonyl (C=O) groups excluding carboxylic acids is 2. The van der Waals surface area contributed by atoms with Crippen LogP contribution in [0.25, 0.3) is 0 Å². The highest BCUT2D eigenvalue weighted by Gasteiger charge is 1.84. The number of rotatable bonds is 3. The molecule has 0 aromatic rings. The van der Waals surface area contributed by atoms with E-state index < -0.39 is 0 Å². The van der Waals surface area contributed by atoms with E-state index in [1.54, 1.807) is 0 Å². The lowest BCUT2D eigenvalue weighted by molar-refractivity contribution is 0.547. The lowest BCUT2D eigenvalue weighted by Gasteiger charge is -1.84. The van der Waals surface area contributed by atoms with E-state index in [2.05, 4.69) is 6.58 Å². The fraction of sp³-hybridized carbons (Fsp3) is 0. The Hall–Kier alpha value is -1.34. The molecule has 1 N–H and O–H groups in total. The summed E-state index contributed by atoms with van der Waals surface area (Å²) in [5.74, 6) is 1.43. The van der Waals surface area contributed by atoms with Crippen molar-refractivity contribution < 1.29 is 9.59 Å². The Labute approximate surface area is 46.7 Å². The third kappa shape index (κ3) is 1.95. The van der Waals surface area contributed by atoms with Gasteiger partial charge in [-0.25, -0.2) is 4.79 Å². The van der Waals surface area contributed by atoms with Crippen LogP contribution in [0.15, 0.2) is 18.4 Å². The van der Waals surface area contributed by atoms with Crippen molar-refractivity contribution in [3.63, 3.8) is 0 Å².